The van der Waals surface area contributed by atoms with Crippen molar-refractivity contribution in [2.24, 2.45) is 0 Å². The molecule has 3 nitrogen and oxygen atoms in total. The second-order valence-electron chi connectivity index (χ2n) is 3.75. The molecule has 0 aliphatic rings. The van der Waals surface area contributed by atoms with Crippen LogP contribution in [-0.2, 0) is 13.0 Å². The summed E-state index contributed by atoms with van der Waals surface area (Å²) in [5.74, 6) is 0. The van der Waals surface area contributed by atoms with Crippen LogP contribution in [0.25, 0.3) is 0 Å². The lowest BCUT2D eigenvalue weighted by atomic mass is 10.1. The molecule has 1 aromatic carbocycles. The van der Waals surface area contributed by atoms with E-state index >= 15 is 0 Å². The highest BCUT2D eigenvalue weighted by Crippen LogP contribution is 2.06. The van der Waals surface area contributed by atoms with Crippen molar-refractivity contribution in [3.63, 3.8) is 0 Å². The number of rotatable bonds is 4. The van der Waals surface area contributed by atoms with Crippen molar-refractivity contribution < 1.29 is 0 Å². The summed E-state index contributed by atoms with van der Waals surface area (Å²) in [5, 5.41) is 4.07. The fourth-order valence-electron chi connectivity index (χ4n) is 1.55. The number of hydrogen-bond acceptors (Lipinski definition) is 2. The molecule has 2 aromatic rings. The van der Waals surface area contributed by atoms with Crippen molar-refractivity contribution in [1.29, 1.82) is 0 Å². The van der Waals surface area contributed by atoms with Gasteiger partial charge in [0.25, 0.3) is 0 Å². The smallest absolute Gasteiger partial charge is 0.137 e. The molecule has 0 radical (unpaired) electrons. The maximum absolute atomic E-state index is 4.07. The lowest BCUT2D eigenvalue weighted by Crippen LogP contribution is -1.99. The molecule has 3 heteroatoms. The molecule has 0 aliphatic carbocycles. The first-order valence-corrected chi connectivity index (χ1v) is 5.22. The molecule has 1 aromatic heterocycles. The van der Waals surface area contributed by atoms with Crippen LogP contribution in [0, 0.1) is 6.92 Å². The Labute approximate surface area is 89.8 Å². The topological polar surface area (TPSA) is 30.7 Å². The second-order valence-corrected chi connectivity index (χ2v) is 3.75. The standard InChI is InChI=1S/C12H15N3/c1-11-4-6-12(7-5-11)3-2-8-15-10-13-9-14-15/h4-7,9-10H,2-3,8H2,1H3. The van der Waals surface area contributed by atoms with Gasteiger partial charge in [0.15, 0.2) is 0 Å². The maximum Gasteiger partial charge on any atom is 0.137 e. The van der Waals surface area contributed by atoms with Crippen LogP contribution in [0.15, 0.2) is 36.9 Å². The van der Waals surface area contributed by atoms with E-state index in [-0.39, 0.29) is 0 Å². The van der Waals surface area contributed by atoms with Crippen molar-refractivity contribution in [3.05, 3.63) is 48.0 Å². The fraction of sp³-hybridized carbons (Fsp3) is 0.333. The Balaban J connectivity index is 1.81. The van der Waals surface area contributed by atoms with Gasteiger partial charge in [0.1, 0.15) is 12.7 Å². The third kappa shape index (κ3) is 2.91. The second kappa shape index (κ2) is 4.73. The number of aryl methyl sites for hydroxylation is 3. The van der Waals surface area contributed by atoms with Crippen LogP contribution >= 0.6 is 0 Å². The van der Waals surface area contributed by atoms with Gasteiger partial charge in [0.2, 0.25) is 0 Å². The van der Waals surface area contributed by atoms with Crippen LogP contribution in [0.5, 0.6) is 0 Å². The van der Waals surface area contributed by atoms with Crippen LogP contribution in [-0.4, -0.2) is 14.8 Å². The predicted molar refractivity (Wildman–Crippen MR) is 59.5 cm³/mol. The summed E-state index contributed by atoms with van der Waals surface area (Å²) < 4.78 is 1.87. The average Bonchev–Trinajstić information content (AvgIpc) is 2.74. The predicted octanol–water partition coefficient (Wildman–Crippen LogP) is 2.22. The van der Waals surface area contributed by atoms with Crippen molar-refractivity contribution in [2.45, 2.75) is 26.3 Å². The maximum atomic E-state index is 4.07. The van der Waals surface area contributed by atoms with Crippen molar-refractivity contribution >= 4 is 0 Å². The van der Waals surface area contributed by atoms with Gasteiger partial charge >= 0.3 is 0 Å². The van der Waals surface area contributed by atoms with E-state index in [1.54, 1.807) is 12.7 Å². The highest BCUT2D eigenvalue weighted by Gasteiger charge is 1.94. The largest absolute Gasteiger partial charge is 0.253 e. The summed E-state index contributed by atoms with van der Waals surface area (Å²) in [4.78, 5) is 3.91. The van der Waals surface area contributed by atoms with Crippen LogP contribution in [0.4, 0.5) is 0 Å². The minimum absolute atomic E-state index is 0.938. The number of aromatic nitrogens is 3. The fourth-order valence-corrected chi connectivity index (χ4v) is 1.55. The first kappa shape index (κ1) is 9.90. The Kier molecular flexibility index (Phi) is 3.12. The molecule has 78 valence electrons. The molecule has 0 unspecified atom stereocenters. The quantitative estimate of drug-likeness (QED) is 0.759. The zero-order chi connectivity index (χ0) is 10.5. The molecule has 0 N–H and O–H groups in total. The van der Waals surface area contributed by atoms with E-state index in [0.29, 0.717) is 0 Å². The lowest BCUT2D eigenvalue weighted by molar-refractivity contribution is 0.577. The van der Waals surface area contributed by atoms with E-state index in [2.05, 4.69) is 41.3 Å². The minimum Gasteiger partial charge on any atom is -0.253 e. The van der Waals surface area contributed by atoms with E-state index in [1.165, 1.54) is 11.1 Å². The van der Waals surface area contributed by atoms with E-state index in [0.717, 1.165) is 19.4 Å². The Morgan fingerprint density at radius 1 is 1.20 bits per heavy atom. The normalized spacial score (nSPS) is 10.5. The third-order valence-corrected chi connectivity index (χ3v) is 2.44. The van der Waals surface area contributed by atoms with E-state index in [9.17, 15) is 0 Å². The van der Waals surface area contributed by atoms with Crippen LogP contribution < -0.4 is 0 Å². The summed E-state index contributed by atoms with van der Waals surface area (Å²) in [6, 6.07) is 8.70. The van der Waals surface area contributed by atoms with Crippen molar-refractivity contribution in [2.75, 3.05) is 0 Å². The molecule has 0 saturated heterocycles. The summed E-state index contributed by atoms with van der Waals surface area (Å²) >= 11 is 0. The van der Waals surface area contributed by atoms with Gasteiger partial charge in [-0.25, -0.2) is 4.98 Å². The van der Waals surface area contributed by atoms with Gasteiger partial charge in [-0.15, -0.1) is 0 Å². The van der Waals surface area contributed by atoms with E-state index in [1.807, 2.05) is 4.68 Å². The Hall–Kier alpha value is -1.64. The summed E-state index contributed by atoms with van der Waals surface area (Å²) in [5.41, 5.74) is 2.70. The molecule has 0 spiro atoms. The van der Waals surface area contributed by atoms with Gasteiger partial charge in [0.05, 0.1) is 0 Å². The van der Waals surface area contributed by atoms with Crippen molar-refractivity contribution in [1.82, 2.24) is 14.8 Å². The van der Waals surface area contributed by atoms with E-state index in [4.69, 9.17) is 0 Å². The zero-order valence-electron chi connectivity index (χ0n) is 8.93. The van der Waals surface area contributed by atoms with E-state index < -0.39 is 0 Å². The minimum atomic E-state index is 0.938. The molecule has 0 aliphatic heterocycles. The summed E-state index contributed by atoms with van der Waals surface area (Å²) in [6.07, 6.45) is 5.54. The zero-order valence-corrected chi connectivity index (χ0v) is 8.93. The van der Waals surface area contributed by atoms with Gasteiger partial charge in [-0.3, -0.25) is 4.68 Å². The Bertz CT molecular complexity index is 389. The molecule has 1 heterocycles. The average molecular weight is 201 g/mol. The molecule has 0 fully saturated rings. The first-order valence-electron chi connectivity index (χ1n) is 5.22. The number of hydrogen-bond donors (Lipinski definition) is 0. The number of nitrogens with zero attached hydrogens (tertiary/aromatic N) is 3. The molecule has 0 bridgehead atoms. The highest BCUT2D eigenvalue weighted by molar-refractivity contribution is 5.21. The monoisotopic (exact) mass is 201 g/mol. The van der Waals surface area contributed by atoms with Gasteiger partial charge in [0, 0.05) is 6.54 Å². The SMILES string of the molecule is Cc1ccc(CCCn2cncn2)cc1. The Morgan fingerprint density at radius 3 is 2.67 bits per heavy atom. The van der Waals surface area contributed by atoms with Crippen LogP contribution in [0.3, 0.4) is 0 Å². The number of benzene rings is 1. The van der Waals surface area contributed by atoms with Gasteiger partial charge in [-0.2, -0.15) is 5.10 Å². The third-order valence-electron chi connectivity index (χ3n) is 2.44. The van der Waals surface area contributed by atoms with Crippen LogP contribution in [0.1, 0.15) is 17.5 Å². The highest BCUT2D eigenvalue weighted by atomic mass is 15.3. The molecule has 15 heavy (non-hydrogen) atoms. The van der Waals surface area contributed by atoms with Crippen LogP contribution in [0.2, 0.25) is 0 Å². The molecule has 2 rings (SSSR count). The lowest BCUT2D eigenvalue weighted by Gasteiger charge is -2.02. The van der Waals surface area contributed by atoms with Crippen molar-refractivity contribution in [3.8, 4) is 0 Å². The summed E-state index contributed by atoms with van der Waals surface area (Å²) in [7, 11) is 0. The van der Waals surface area contributed by atoms with Gasteiger partial charge in [-0.05, 0) is 25.3 Å². The molecular formula is C12H15N3. The molecule has 0 atom stereocenters. The first-order chi connectivity index (χ1) is 7.34. The Morgan fingerprint density at radius 2 is 2.00 bits per heavy atom. The molecule has 0 amide bonds. The summed E-state index contributed by atoms with van der Waals surface area (Å²) in [6.45, 7) is 3.05. The molecular weight excluding hydrogens is 186 g/mol. The molecule has 0 saturated carbocycles. The van der Waals surface area contributed by atoms with Gasteiger partial charge in [-0.1, -0.05) is 29.8 Å². The van der Waals surface area contributed by atoms with Gasteiger partial charge < -0.3 is 0 Å².